The van der Waals surface area contributed by atoms with Crippen molar-refractivity contribution >= 4 is 5.91 Å². The number of carbonyl (C=O) groups excluding carboxylic acids is 1. The largest absolute Gasteiger partial charge is 0.454 e. The number of aryl methyl sites for hydroxylation is 1. The Balaban J connectivity index is 1.48. The zero-order valence-corrected chi connectivity index (χ0v) is 12.3. The van der Waals surface area contributed by atoms with Crippen LogP contribution in [-0.2, 0) is 17.9 Å². The maximum Gasteiger partial charge on any atom is 0.231 e. The Bertz CT molecular complexity index is 644. The monoisotopic (exact) mass is 303 g/mol. The smallest absolute Gasteiger partial charge is 0.231 e. The first kappa shape index (κ1) is 14.3. The first-order valence-electron chi connectivity index (χ1n) is 7.05. The van der Waals surface area contributed by atoms with Crippen molar-refractivity contribution in [2.45, 2.75) is 25.9 Å². The number of fused-ring (bicyclic) bond motifs is 1. The molecule has 1 aliphatic rings. The first-order chi connectivity index (χ1) is 10.7. The van der Waals surface area contributed by atoms with E-state index in [0.717, 1.165) is 17.1 Å². The summed E-state index contributed by atoms with van der Waals surface area (Å²) in [6, 6.07) is 5.72. The van der Waals surface area contributed by atoms with Gasteiger partial charge in [-0.2, -0.15) is 0 Å². The molecule has 0 radical (unpaired) electrons. The van der Waals surface area contributed by atoms with E-state index >= 15 is 0 Å². The number of rotatable bonds is 6. The third-order valence-corrected chi connectivity index (χ3v) is 3.45. The minimum absolute atomic E-state index is 0.0886. The van der Waals surface area contributed by atoms with Gasteiger partial charge in [0.25, 0.3) is 0 Å². The molecule has 1 aliphatic heterocycles. The highest BCUT2D eigenvalue weighted by Gasteiger charge is 2.15. The van der Waals surface area contributed by atoms with Crippen LogP contribution in [0.3, 0.4) is 0 Å². The third kappa shape index (κ3) is 3.33. The Morgan fingerprint density at radius 2 is 2.23 bits per heavy atom. The van der Waals surface area contributed by atoms with Crippen LogP contribution >= 0.6 is 0 Å². The van der Waals surface area contributed by atoms with Crippen molar-refractivity contribution in [3.05, 3.63) is 30.1 Å². The molecule has 0 unspecified atom stereocenters. The molecule has 0 saturated heterocycles. The number of hydrogen-bond acceptors (Lipinski definition) is 6. The van der Waals surface area contributed by atoms with E-state index in [4.69, 9.17) is 9.47 Å². The van der Waals surface area contributed by atoms with Crippen molar-refractivity contribution in [3.8, 4) is 11.5 Å². The van der Waals surface area contributed by atoms with Gasteiger partial charge in [-0.1, -0.05) is 6.07 Å². The lowest BCUT2D eigenvalue weighted by molar-refractivity contribution is -0.130. The SMILES string of the molecule is CN(Cc1ccc2c(c1)OCO2)C(=O)CCCn1cnnn1. The Morgan fingerprint density at radius 3 is 3.05 bits per heavy atom. The Morgan fingerprint density at radius 1 is 1.36 bits per heavy atom. The summed E-state index contributed by atoms with van der Waals surface area (Å²) in [6.45, 7) is 1.43. The number of aromatic nitrogens is 4. The summed E-state index contributed by atoms with van der Waals surface area (Å²) in [5.74, 6) is 1.57. The topological polar surface area (TPSA) is 82.4 Å². The van der Waals surface area contributed by atoms with Crippen molar-refractivity contribution in [2.24, 2.45) is 0 Å². The third-order valence-electron chi connectivity index (χ3n) is 3.45. The summed E-state index contributed by atoms with van der Waals surface area (Å²) >= 11 is 0. The number of ether oxygens (including phenoxy) is 2. The average molecular weight is 303 g/mol. The minimum atomic E-state index is 0.0886. The number of tetrazole rings is 1. The van der Waals surface area contributed by atoms with E-state index in [0.29, 0.717) is 25.9 Å². The summed E-state index contributed by atoms with van der Waals surface area (Å²) in [7, 11) is 1.80. The molecule has 8 nitrogen and oxygen atoms in total. The van der Waals surface area contributed by atoms with Crippen LogP contribution in [0.1, 0.15) is 18.4 Å². The number of hydrogen-bond donors (Lipinski definition) is 0. The number of carbonyl (C=O) groups is 1. The van der Waals surface area contributed by atoms with E-state index in [1.807, 2.05) is 18.2 Å². The van der Waals surface area contributed by atoms with Gasteiger partial charge in [0.2, 0.25) is 12.7 Å². The van der Waals surface area contributed by atoms with Crippen LogP contribution in [0.5, 0.6) is 11.5 Å². The van der Waals surface area contributed by atoms with Gasteiger partial charge in [0.05, 0.1) is 0 Å². The molecule has 0 bridgehead atoms. The number of amides is 1. The van der Waals surface area contributed by atoms with Gasteiger partial charge in [0.1, 0.15) is 6.33 Å². The first-order valence-corrected chi connectivity index (χ1v) is 7.05. The van der Waals surface area contributed by atoms with Crippen LogP contribution < -0.4 is 9.47 Å². The molecule has 0 aliphatic carbocycles. The van der Waals surface area contributed by atoms with Gasteiger partial charge in [0.15, 0.2) is 11.5 Å². The van der Waals surface area contributed by atoms with E-state index in [2.05, 4.69) is 15.5 Å². The summed E-state index contributed by atoms with van der Waals surface area (Å²) < 4.78 is 12.2. The summed E-state index contributed by atoms with van der Waals surface area (Å²) in [5, 5.41) is 10.9. The fourth-order valence-electron chi connectivity index (χ4n) is 2.27. The summed E-state index contributed by atoms with van der Waals surface area (Å²) in [5.41, 5.74) is 1.01. The fourth-order valence-corrected chi connectivity index (χ4v) is 2.27. The number of nitrogens with zero attached hydrogens (tertiary/aromatic N) is 5. The average Bonchev–Trinajstić information content (AvgIpc) is 3.17. The molecule has 0 atom stereocenters. The van der Waals surface area contributed by atoms with E-state index in [-0.39, 0.29) is 12.7 Å². The Hall–Kier alpha value is -2.64. The van der Waals surface area contributed by atoms with Crippen LogP contribution in [0.25, 0.3) is 0 Å². The van der Waals surface area contributed by atoms with Gasteiger partial charge < -0.3 is 14.4 Å². The van der Waals surface area contributed by atoms with Crippen LogP contribution in [0, 0.1) is 0 Å². The minimum Gasteiger partial charge on any atom is -0.454 e. The molecule has 1 amide bonds. The lowest BCUT2D eigenvalue weighted by Crippen LogP contribution is -2.26. The summed E-state index contributed by atoms with van der Waals surface area (Å²) in [6.07, 6.45) is 2.71. The predicted octanol–water partition coefficient (Wildman–Crippen LogP) is 0.841. The van der Waals surface area contributed by atoms with Crippen molar-refractivity contribution in [2.75, 3.05) is 13.8 Å². The maximum absolute atomic E-state index is 12.1. The van der Waals surface area contributed by atoms with E-state index in [1.165, 1.54) is 0 Å². The zero-order valence-electron chi connectivity index (χ0n) is 12.3. The normalized spacial score (nSPS) is 12.4. The molecule has 8 heteroatoms. The van der Waals surface area contributed by atoms with Gasteiger partial charge in [-0.05, 0) is 34.5 Å². The second-order valence-electron chi connectivity index (χ2n) is 5.11. The molecule has 22 heavy (non-hydrogen) atoms. The molecule has 116 valence electrons. The highest BCUT2D eigenvalue weighted by molar-refractivity contribution is 5.75. The second kappa shape index (κ2) is 6.42. The molecular weight excluding hydrogens is 286 g/mol. The van der Waals surface area contributed by atoms with Crippen molar-refractivity contribution < 1.29 is 14.3 Å². The molecule has 0 saturated carbocycles. The molecule has 2 heterocycles. The van der Waals surface area contributed by atoms with Crippen LogP contribution in [0.15, 0.2) is 24.5 Å². The highest BCUT2D eigenvalue weighted by atomic mass is 16.7. The quantitative estimate of drug-likeness (QED) is 0.786. The zero-order chi connectivity index (χ0) is 15.4. The molecule has 0 spiro atoms. The molecular formula is C14H17N5O3. The maximum atomic E-state index is 12.1. The lowest BCUT2D eigenvalue weighted by Gasteiger charge is -2.17. The summed E-state index contributed by atoms with van der Waals surface area (Å²) in [4.78, 5) is 13.8. The molecule has 1 aromatic carbocycles. The van der Waals surface area contributed by atoms with Gasteiger partial charge in [-0.3, -0.25) is 4.79 Å². The predicted molar refractivity (Wildman–Crippen MR) is 76.1 cm³/mol. The van der Waals surface area contributed by atoms with E-state index < -0.39 is 0 Å². The van der Waals surface area contributed by atoms with Gasteiger partial charge in [0, 0.05) is 26.6 Å². The van der Waals surface area contributed by atoms with Crippen molar-refractivity contribution in [1.29, 1.82) is 0 Å². The van der Waals surface area contributed by atoms with Crippen molar-refractivity contribution in [3.63, 3.8) is 0 Å². The fraction of sp³-hybridized carbons (Fsp3) is 0.429. The second-order valence-corrected chi connectivity index (χ2v) is 5.11. The van der Waals surface area contributed by atoms with Crippen molar-refractivity contribution in [1.82, 2.24) is 25.1 Å². The molecule has 2 aromatic rings. The Kier molecular flexibility index (Phi) is 4.17. The van der Waals surface area contributed by atoms with Crippen LogP contribution in [0.4, 0.5) is 0 Å². The standard InChI is InChI=1S/C14H17N5O3/c1-18(14(20)3-2-6-19-9-15-16-17-19)8-11-4-5-12-13(7-11)22-10-21-12/h4-5,7,9H,2-3,6,8,10H2,1H3. The van der Waals surface area contributed by atoms with E-state index in [9.17, 15) is 4.79 Å². The highest BCUT2D eigenvalue weighted by Crippen LogP contribution is 2.32. The molecule has 0 fully saturated rings. The molecule has 0 N–H and O–H groups in total. The van der Waals surface area contributed by atoms with Gasteiger partial charge in [-0.15, -0.1) is 5.10 Å². The van der Waals surface area contributed by atoms with Gasteiger partial charge in [-0.25, -0.2) is 4.68 Å². The molecule has 3 rings (SSSR count). The van der Waals surface area contributed by atoms with Crippen LogP contribution in [0.2, 0.25) is 0 Å². The Labute approximate surface area is 127 Å². The van der Waals surface area contributed by atoms with Crippen LogP contribution in [-0.4, -0.2) is 44.9 Å². The number of benzene rings is 1. The lowest BCUT2D eigenvalue weighted by atomic mass is 10.2. The van der Waals surface area contributed by atoms with Gasteiger partial charge >= 0.3 is 0 Å². The van der Waals surface area contributed by atoms with E-state index in [1.54, 1.807) is 23.0 Å². The molecule has 1 aromatic heterocycles.